The number of rotatable bonds is 10. The first kappa shape index (κ1) is 21.2. The molecular formula is C21H34N2. The van der Waals surface area contributed by atoms with E-state index in [0.717, 1.165) is 35.6 Å². The Morgan fingerprint density at radius 2 is 1.43 bits per heavy atom. The van der Waals surface area contributed by atoms with E-state index in [1.54, 1.807) is 0 Å². The molecule has 0 spiro atoms. The van der Waals surface area contributed by atoms with Crippen LogP contribution in [-0.4, -0.2) is 37.0 Å². The maximum Gasteiger partial charge on any atom is 0.0437 e. The average molecular weight is 315 g/mol. The molecule has 0 N–H and O–H groups in total. The van der Waals surface area contributed by atoms with Crippen LogP contribution in [0.3, 0.4) is 0 Å². The van der Waals surface area contributed by atoms with Gasteiger partial charge in [0.1, 0.15) is 0 Å². The molecule has 0 radical (unpaired) electrons. The molecule has 1 unspecified atom stereocenters. The van der Waals surface area contributed by atoms with E-state index in [1.807, 2.05) is 25.2 Å². The Hall–Kier alpha value is -1.80. The zero-order valence-corrected chi connectivity index (χ0v) is 15.9. The monoisotopic (exact) mass is 314 g/mol. The van der Waals surface area contributed by atoms with Crippen molar-refractivity contribution in [2.75, 3.05) is 27.2 Å². The van der Waals surface area contributed by atoms with Gasteiger partial charge in [-0.05, 0) is 64.1 Å². The lowest BCUT2D eigenvalue weighted by molar-refractivity contribution is 0.286. The zero-order valence-electron chi connectivity index (χ0n) is 15.9. The SMILES string of the molecule is C=C/C(C)=C(\C=C)N(CC(C)CN(C)C)C(/C=C\C)=C(\C)C=C. The topological polar surface area (TPSA) is 6.48 Å². The summed E-state index contributed by atoms with van der Waals surface area (Å²) in [6.07, 6.45) is 9.91. The van der Waals surface area contributed by atoms with E-state index >= 15 is 0 Å². The van der Waals surface area contributed by atoms with Gasteiger partial charge in [0.05, 0.1) is 0 Å². The van der Waals surface area contributed by atoms with Crippen molar-refractivity contribution in [2.24, 2.45) is 5.92 Å². The van der Waals surface area contributed by atoms with E-state index in [2.05, 4.69) is 76.6 Å². The van der Waals surface area contributed by atoms with Gasteiger partial charge in [-0.3, -0.25) is 0 Å². The normalized spacial score (nSPS) is 15.1. The van der Waals surface area contributed by atoms with Gasteiger partial charge in [0.15, 0.2) is 0 Å². The molecule has 0 amide bonds. The summed E-state index contributed by atoms with van der Waals surface area (Å²) in [5.74, 6) is 0.510. The molecule has 0 heterocycles. The van der Waals surface area contributed by atoms with E-state index in [0.29, 0.717) is 5.92 Å². The van der Waals surface area contributed by atoms with Crippen LogP contribution >= 0.6 is 0 Å². The van der Waals surface area contributed by atoms with E-state index in [9.17, 15) is 0 Å². The number of nitrogens with zero attached hydrogens (tertiary/aromatic N) is 2. The average Bonchev–Trinajstić information content (AvgIpc) is 2.50. The lowest BCUT2D eigenvalue weighted by Gasteiger charge is -2.32. The molecule has 2 nitrogen and oxygen atoms in total. The number of hydrogen-bond acceptors (Lipinski definition) is 2. The smallest absolute Gasteiger partial charge is 0.0437 e. The third-order valence-electron chi connectivity index (χ3n) is 3.69. The highest BCUT2D eigenvalue weighted by Gasteiger charge is 2.17. The largest absolute Gasteiger partial charge is 0.341 e. The fourth-order valence-corrected chi connectivity index (χ4v) is 2.60. The maximum absolute atomic E-state index is 4.02. The molecule has 0 rings (SSSR count). The minimum Gasteiger partial charge on any atom is -0.341 e. The van der Waals surface area contributed by atoms with Crippen LogP contribution in [-0.2, 0) is 0 Å². The van der Waals surface area contributed by atoms with Crippen molar-refractivity contribution in [2.45, 2.75) is 27.7 Å². The van der Waals surface area contributed by atoms with Gasteiger partial charge in [0.25, 0.3) is 0 Å². The van der Waals surface area contributed by atoms with Crippen molar-refractivity contribution >= 4 is 0 Å². The molecule has 0 bridgehead atoms. The van der Waals surface area contributed by atoms with E-state index in [1.165, 1.54) is 0 Å². The van der Waals surface area contributed by atoms with Crippen LogP contribution < -0.4 is 0 Å². The number of hydrogen-bond donors (Lipinski definition) is 0. The third kappa shape index (κ3) is 6.87. The predicted molar refractivity (Wildman–Crippen MR) is 105 cm³/mol. The molecule has 23 heavy (non-hydrogen) atoms. The summed E-state index contributed by atoms with van der Waals surface area (Å²) in [5.41, 5.74) is 4.52. The zero-order chi connectivity index (χ0) is 18.0. The van der Waals surface area contributed by atoms with E-state index in [4.69, 9.17) is 0 Å². The summed E-state index contributed by atoms with van der Waals surface area (Å²) in [4.78, 5) is 4.55. The molecule has 0 fully saturated rings. The predicted octanol–water partition coefficient (Wildman–Crippen LogP) is 5.17. The lowest BCUT2D eigenvalue weighted by atomic mass is 10.1. The molecule has 2 heteroatoms. The highest BCUT2D eigenvalue weighted by molar-refractivity contribution is 5.38. The van der Waals surface area contributed by atoms with Crippen LogP contribution in [0.25, 0.3) is 0 Å². The summed E-state index contributed by atoms with van der Waals surface area (Å²) in [6, 6.07) is 0. The fourth-order valence-electron chi connectivity index (χ4n) is 2.60. The summed E-state index contributed by atoms with van der Waals surface area (Å²) in [7, 11) is 4.22. The molecular weight excluding hydrogens is 280 g/mol. The summed E-state index contributed by atoms with van der Waals surface area (Å²) >= 11 is 0. The Balaban J connectivity index is 6.02. The minimum atomic E-state index is 0.510. The Morgan fingerprint density at radius 3 is 1.83 bits per heavy atom. The number of allylic oxidation sites excluding steroid dienone is 7. The van der Waals surface area contributed by atoms with Crippen molar-refractivity contribution in [3.05, 3.63) is 72.7 Å². The van der Waals surface area contributed by atoms with Crippen LogP contribution in [0.4, 0.5) is 0 Å². The van der Waals surface area contributed by atoms with Gasteiger partial charge < -0.3 is 9.80 Å². The van der Waals surface area contributed by atoms with Gasteiger partial charge in [-0.15, -0.1) is 0 Å². The second kappa shape index (κ2) is 10.8. The van der Waals surface area contributed by atoms with Crippen molar-refractivity contribution in [1.29, 1.82) is 0 Å². The standard InChI is InChI=1S/C21H34N2/c1-10-14-21(19(7)12-3)23(16-17(5)15-22(8)9)20(13-4)18(6)11-2/h10-14,17H,2-4,15-16H2,1,5-9H3/b14-10-,20-18+,21-19+. The highest BCUT2D eigenvalue weighted by atomic mass is 15.2. The highest BCUT2D eigenvalue weighted by Crippen LogP contribution is 2.24. The Bertz CT molecular complexity index is 504. The minimum absolute atomic E-state index is 0.510. The molecule has 0 saturated heterocycles. The first-order valence-electron chi connectivity index (χ1n) is 8.16. The first-order chi connectivity index (χ1) is 10.8. The first-order valence-corrected chi connectivity index (χ1v) is 8.16. The van der Waals surface area contributed by atoms with Crippen molar-refractivity contribution < 1.29 is 0 Å². The molecule has 0 aromatic rings. The van der Waals surface area contributed by atoms with Crippen LogP contribution in [0.15, 0.2) is 72.7 Å². The second-order valence-electron chi connectivity index (χ2n) is 6.23. The van der Waals surface area contributed by atoms with Crippen molar-refractivity contribution in [3.63, 3.8) is 0 Å². The van der Waals surface area contributed by atoms with Gasteiger partial charge >= 0.3 is 0 Å². The molecule has 0 aliphatic carbocycles. The van der Waals surface area contributed by atoms with Crippen molar-refractivity contribution in [1.82, 2.24) is 9.80 Å². The van der Waals surface area contributed by atoms with Gasteiger partial charge in [-0.25, -0.2) is 0 Å². The van der Waals surface area contributed by atoms with E-state index in [-0.39, 0.29) is 0 Å². The summed E-state index contributed by atoms with van der Waals surface area (Å²) in [5, 5.41) is 0. The molecule has 128 valence electrons. The molecule has 0 aliphatic heterocycles. The van der Waals surface area contributed by atoms with Gasteiger partial charge in [0.2, 0.25) is 0 Å². The molecule has 0 aliphatic rings. The van der Waals surface area contributed by atoms with Crippen LogP contribution in [0.1, 0.15) is 27.7 Å². The van der Waals surface area contributed by atoms with Gasteiger partial charge in [-0.2, -0.15) is 0 Å². The lowest BCUT2D eigenvalue weighted by Crippen LogP contribution is -2.32. The van der Waals surface area contributed by atoms with Crippen LogP contribution in [0, 0.1) is 5.92 Å². The van der Waals surface area contributed by atoms with Gasteiger partial charge in [0, 0.05) is 24.5 Å². The molecule has 0 aromatic carbocycles. The third-order valence-corrected chi connectivity index (χ3v) is 3.69. The maximum atomic E-state index is 4.02. The van der Waals surface area contributed by atoms with E-state index < -0.39 is 0 Å². The molecule has 1 atom stereocenters. The second-order valence-corrected chi connectivity index (χ2v) is 6.23. The fraction of sp³-hybridized carbons (Fsp3) is 0.429. The quantitative estimate of drug-likeness (QED) is 0.513. The van der Waals surface area contributed by atoms with Gasteiger partial charge in [-0.1, -0.05) is 44.9 Å². The van der Waals surface area contributed by atoms with Crippen LogP contribution in [0.2, 0.25) is 0 Å². The Morgan fingerprint density at radius 1 is 0.913 bits per heavy atom. The Kier molecular flexibility index (Phi) is 10.00. The Labute approximate surface area is 143 Å². The summed E-state index contributed by atoms with van der Waals surface area (Å²) < 4.78 is 0. The van der Waals surface area contributed by atoms with Crippen LogP contribution in [0.5, 0.6) is 0 Å². The molecule has 0 saturated carbocycles. The molecule has 0 aromatic heterocycles. The van der Waals surface area contributed by atoms with Crippen molar-refractivity contribution in [3.8, 4) is 0 Å². The summed E-state index contributed by atoms with van der Waals surface area (Å²) in [6.45, 7) is 22.3.